The maximum atomic E-state index is 12.4. The van der Waals surface area contributed by atoms with E-state index >= 15 is 0 Å². The molecule has 114 valence electrons. The first-order valence-electron chi connectivity index (χ1n) is 6.73. The quantitative estimate of drug-likeness (QED) is 0.762. The summed E-state index contributed by atoms with van der Waals surface area (Å²) < 4.78 is 27.4. The van der Waals surface area contributed by atoms with Gasteiger partial charge in [-0.3, -0.25) is 9.82 Å². The van der Waals surface area contributed by atoms with Gasteiger partial charge in [0.25, 0.3) is 10.0 Å². The second-order valence-corrected chi connectivity index (χ2v) is 6.88. The van der Waals surface area contributed by atoms with Crippen LogP contribution in [-0.2, 0) is 16.6 Å². The van der Waals surface area contributed by atoms with E-state index in [0.29, 0.717) is 23.8 Å². The first-order chi connectivity index (χ1) is 9.88. The highest BCUT2D eigenvalue weighted by Crippen LogP contribution is 2.20. The number of nitrogens with one attached hydrogen (secondary N) is 3. The van der Waals surface area contributed by atoms with Crippen molar-refractivity contribution in [1.29, 1.82) is 0 Å². The van der Waals surface area contributed by atoms with Crippen LogP contribution >= 0.6 is 0 Å². The Bertz CT molecular complexity index is 694. The molecule has 0 atom stereocenters. The first kappa shape index (κ1) is 15.5. The lowest BCUT2D eigenvalue weighted by Gasteiger charge is -2.12. The van der Waals surface area contributed by atoms with Crippen molar-refractivity contribution in [2.24, 2.45) is 0 Å². The highest BCUT2D eigenvalue weighted by Gasteiger charge is 2.18. The molecule has 0 aliphatic carbocycles. The molecule has 2 aromatic rings. The van der Waals surface area contributed by atoms with E-state index in [0.717, 1.165) is 5.56 Å². The van der Waals surface area contributed by atoms with Gasteiger partial charge in [0.05, 0.1) is 16.8 Å². The third-order valence-corrected chi connectivity index (χ3v) is 4.53. The third kappa shape index (κ3) is 4.05. The summed E-state index contributed by atoms with van der Waals surface area (Å²) in [4.78, 5) is 0.284. The Morgan fingerprint density at radius 1 is 1.33 bits per heavy atom. The molecule has 0 saturated heterocycles. The number of benzene rings is 1. The predicted octanol–water partition coefficient (Wildman–Crippen LogP) is 2.02. The fourth-order valence-electron chi connectivity index (χ4n) is 1.88. The molecule has 0 saturated carbocycles. The van der Waals surface area contributed by atoms with Crippen molar-refractivity contribution >= 4 is 15.7 Å². The van der Waals surface area contributed by atoms with Crippen molar-refractivity contribution in [3.05, 3.63) is 41.7 Å². The van der Waals surface area contributed by atoms with Gasteiger partial charge in [-0.1, -0.05) is 26.0 Å². The fourth-order valence-corrected chi connectivity index (χ4v) is 3.21. The lowest BCUT2D eigenvalue weighted by molar-refractivity contribution is 0.586. The Balaban J connectivity index is 2.27. The van der Waals surface area contributed by atoms with Gasteiger partial charge in [0.15, 0.2) is 0 Å². The molecule has 3 N–H and O–H groups in total. The summed E-state index contributed by atoms with van der Waals surface area (Å²) >= 11 is 0. The molecule has 0 aliphatic rings. The summed E-state index contributed by atoms with van der Waals surface area (Å²) in [6, 6.07) is 5.80. The predicted molar refractivity (Wildman–Crippen MR) is 82.6 cm³/mol. The van der Waals surface area contributed by atoms with Gasteiger partial charge in [0, 0.05) is 18.8 Å². The van der Waals surface area contributed by atoms with Crippen molar-refractivity contribution in [3.8, 4) is 0 Å². The Labute approximate surface area is 125 Å². The molecule has 1 aromatic heterocycles. The summed E-state index contributed by atoms with van der Waals surface area (Å²) in [5.74, 6) is 0. The van der Waals surface area contributed by atoms with Crippen molar-refractivity contribution in [2.75, 3.05) is 4.72 Å². The highest BCUT2D eigenvalue weighted by atomic mass is 32.2. The number of aryl methyl sites for hydroxylation is 1. The van der Waals surface area contributed by atoms with Gasteiger partial charge in [0.1, 0.15) is 0 Å². The maximum Gasteiger partial charge on any atom is 0.262 e. The molecule has 1 aromatic carbocycles. The smallest absolute Gasteiger partial charge is 0.262 e. The molecular formula is C14H20N4O2S. The summed E-state index contributed by atoms with van der Waals surface area (Å²) in [7, 11) is -3.61. The zero-order valence-electron chi connectivity index (χ0n) is 12.3. The maximum absolute atomic E-state index is 12.4. The SMILES string of the molecule is Cc1ccc(CNC(C)C)cc1S(=O)(=O)Nc1cn[nH]c1. The monoisotopic (exact) mass is 308 g/mol. The largest absolute Gasteiger partial charge is 0.310 e. The number of rotatable bonds is 6. The van der Waals surface area contributed by atoms with Crippen molar-refractivity contribution in [2.45, 2.75) is 38.3 Å². The third-order valence-electron chi connectivity index (χ3n) is 3.01. The number of aromatic nitrogens is 2. The van der Waals surface area contributed by atoms with Crippen LogP contribution in [0.2, 0.25) is 0 Å². The topological polar surface area (TPSA) is 86.9 Å². The van der Waals surface area contributed by atoms with E-state index in [1.54, 1.807) is 13.0 Å². The highest BCUT2D eigenvalue weighted by molar-refractivity contribution is 7.92. The average molecular weight is 308 g/mol. The Hall–Kier alpha value is -1.86. The summed E-state index contributed by atoms with van der Waals surface area (Å²) in [6.07, 6.45) is 2.92. The molecule has 6 nitrogen and oxygen atoms in total. The minimum Gasteiger partial charge on any atom is -0.310 e. The summed E-state index contributed by atoms with van der Waals surface area (Å²) in [5.41, 5.74) is 2.06. The van der Waals surface area contributed by atoms with Gasteiger partial charge < -0.3 is 5.32 Å². The summed E-state index contributed by atoms with van der Waals surface area (Å²) in [5, 5.41) is 9.58. The molecule has 21 heavy (non-hydrogen) atoms. The standard InChI is InChI=1S/C14H20N4O2S/c1-10(2)15-7-12-5-4-11(3)14(6-12)21(19,20)18-13-8-16-17-9-13/h4-6,8-10,15,18H,7H2,1-3H3,(H,16,17). The Morgan fingerprint density at radius 2 is 2.10 bits per heavy atom. The lowest BCUT2D eigenvalue weighted by atomic mass is 10.1. The second-order valence-electron chi connectivity index (χ2n) is 5.23. The molecule has 2 rings (SSSR count). The van der Waals surface area contributed by atoms with Crippen LogP contribution in [0.25, 0.3) is 0 Å². The van der Waals surface area contributed by atoms with Crippen LogP contribution in [0.15, 0.2) is 35.5 Å². The molecule has 0 spiro atoms. The normalized spacial score (nSPS) is 11.8. The van der Waals surface area contributed by atoms with Crippen LogP contribution in [-0.4, -0.2) is 24.7 Å². The van der Waals surface area contributed by atoms with E-state index in [1.165, 1.54) is 12.4 Å². The van der Waals surface area contributed by atoms with Crippen molar-refractivity contribution < 1.29 is 8.42 Å². The molecular weight excluding hydrogens is 288 g/mol. The van der Waals surface area contributed by atoms with Crippen LogP contribution in [0.1, 0.15) is 25.0 Å². The van der Waals surface area contributed by atoms with Gasteiger partial charge in [-0.2, -0.15) is 5.10 Å². The molecule has 0 unspecified atom stereocenters. The molecule has 0 aliphatic heterocycles. The van der Waals surface area contributed by atoms with E-state index in [2.05, 4.69) is 20.2 Å². The molecule has 1 heterocycles. The number of anilines is 1. The zero-order chi connectivity index (χ0) is 15.5. The van der Waals surface area contributed by atoms with Crippen LogP contribution < -0.4 is 10.0 Å². The molecule has 0 bridgehead atoms. The van der Waals surface area contributed by atoms with E-state index in [4.69, 9.17) is 0 Å². The Morgan fingerprint density at radius 3 is 2.71 bits per heavy atom. The number of aromatic amines is 1. The first-order valence-corrected chi connectivity index (χ1v) is 8.21. The van der Waals surface area contributed by atoms with Gasteiger partial charge in [-0.25, -0.2) is 8.42 Å². The molecule has 0 fully saturated rings. The molecule has 0 amide bonds. The second kappa shape index (κ2) is 6.28. The number of sulfonamides is 1. The average Bonchev–Trinajstić information content (AvgIpc) is 2.89. The minimum absolute atomic E-state index is 0.284. The lowest BCUT2D eigenvalue weighted by Crippen LogP contribution is -2.22. The zero-order valence-corrected chi connectivity index (χ0v) is 13.2. The van der Waals surface area contributed by atoms with Crippen LogP contribution in [0.3, 0.4) is 0 Å². The minimum atomic E-state index is -3.61. The van der Waals surface area contributed by atoms with Crippen molar-refractivity contribution in [3.63, 3.8) is 0 Å². The van der Waals surface area contributed by atoms with Gasteiger partial charge in [0.2, 0.25) is 0 Å². The summed E-state index contributed by atoms with van der Waals surface area (Å²) in [6.45, 7) is 6.51. The number of nitrogens with zero attached hydrogens (tertiary/aromatic N) is 1. The van der Waals surface area contributed by atoms with Crippen LogP contribution in [0, 0.1) is 6.92 Å². The molecule has 7 heteroatoms. The van der Waals surface area contributed by atoms with E-state index in [9.17, 15) is 8.42 Å². The number of hydrogen-bond donors (Lipinski definition) is 3. The number of hydrogen-bond acceptors (Lipinski definition) is 4. The number of H-pyrrole nitrogens is 1. The van der Waals surface area contributed by atoms with Crippen molar-refractivity contribution in [1.82, 2.24) is 15.5 Å². The van der Waals surface area contributed by atoms with E-state index < -0.39 is 10.0 Å². The van der Waals surface area contributed by atoms with E-state index in [-0.39, 0.29) is 4.90 Å². The molecule has 0 radical (unpaired) electrons. The van der Waals surface area contributed by atoms with Crippen LogP contribution in [0.4, 0.5) is 5.69 Å². The van der Waals surface area contributed by atoms with E-state index in [1.807, 2.05) is 26.0 Å². The fraction of sp³-hybridized carbons (Fsp3) is 0.357. The Kier molecular flexibility index (Phi) is 4.64. The van der Waals surface area contributed by atoms with Gasteiger partial charge in [-0.05, 0) is 24.1 Å². The van der Waals surface area contributed by atoms with Gasteiger partial charge >= 0.3 is 0 Å². The van der Waals surface area contributed by atoms with Gasteiger partial charge in [-0.15, -0.1) is 0 Å². The van der Waals surface area contributed by atoms with Crippen LogP contribution in [0.5, 0.6) is 0 Å².